The molecule has 164 valence electrons. The fraction of sp³-hybridized carbons (Fsp3) is 0.200. The second kappa shape index (κ2) is 8.73. The summed E-state index contributed by atoms with van der Waals surface area (Å²) in [6, 6.07) is 20.5. The first-order valence-electron chi connectivity index (χ1n) is 10.8. The molecule has 0 bridgehead atoms. The van der Waals surface area contributed by atoms with Crippen LogP contribution in [-0.2, 0) is 0 Å². The Bertz CT molecular complexity index is 1350. The SMILES string of the molecule is CN1CCN(c2ccc(Nc3nc4c(C(=O)c5ccccc5C#N)cccn4n3)cc2)CC1. The first-order chi connectivity index (χ1) is 16.1. The normalized spacial score (nSPS) is 14.2. The van der Waals surface area contributed by atoms with Crippen molar-refractivity contribution < 1.29 is 4.79 Å². The fourth-order valence-corrected chi connectivity index (χ4v) is 4.01. The number of likely N-dealkylation sites (N-methyl/N-ethyl adjacent to an activating group) is 1. The number of rotatable bonds is 5. The van der Waals surface area contributed by atoms with Crippen LogP contribution in [0.4, 0.5) is 17.3 Å². The van der Waals surface area contributed by atoms with Gasteiger partial charge in [-0.25, -0.2) is 4.52 Å². The van der Waals surface area contributed by atoms with Crippen molar-refractivity contribution in [3.63, 3.8) is 0 Å². The maximum Gasteiger partial charge on any atom is 0.247 e. The van der Waals surface area contributed by atoms with Gasteiger partial charge in [0.25, 0.3) is 0 Å². The van der Waals surface area contributed by atoms with Gasteiger partial charge in [0.2, 0.25) is 5.95 Å². The van der Waals surface area contributed by atoms with Crippen LogP contribution in [0.3, 0.4) is 0 Å². The predicted octanol–water partition coefficient (Wildman–Crippen LogP) is 3.33. The van der Waals surface area contributed by atoms with E-state index in [1.165, 1.54) is 5.69 Å². The number of hydrogen-bond donors (Lipinski definition) is 1. The Morgan fingerprint density at radius 2 is 1.70 bits per heavy atom. The molecule has 1 N–H and O–H groups in total. The van der Waals surface area contributed by atoms with E-state index in [1.54, 1.807) is 47.1 Å². The van der Waals surface area contributed by atoms with Crippen molar-refractivity contribution in [3.05, 3.63) is 83.6 Å². The molecule has 33 heavy (non-hydrogen) atoms. The number of benzene rings is 2. The second-order valence-corrected chi connectivity index (χ2v) is 8.07. The lowest BCUT2D eigenvalue weighted by atomic mass is 10.00. The molecule has 4 aromatic rings. The van der Waals surface area contributed by atoms with E-state index in [0.29, 0.717) is 28.3 Å². The first-order valence-corrected chi connectivity index (χ1v) is 10.8. The fourth-order valence-electron chi connectivity index (χ4n) is 4.01. The number of carbonyl (C=O) groups excluding carboxylic acids is 1. The summed E-state index contributed by atoms with van der Waals surface area (Å²) in [6.07, 6.45) is 1.75. The number of hydrogen-bond acceptors (Lipinski definition) is 7. The van der Waals surface area contributed by atoms with E-state index < -0.39 is 0 Å². The molecule has 0 radical (unpaired) electrons. The molecule has 0 aliphatic carbocycles. The molecule has 0 atom stereocenters. The molecule has 1 aliphatic heterocycles. The lowest BCUT2D eigenvalue weighted by Gasteiger charge is -2.34. The number of aromatic nitrogens is 3. The summed E-state index contributed by atoms with van der Waals surface area (Å²) in [4.78, 5) is 22.4. The van der Waals surface area contributed by atoms with Gasteiger partial charge in [-0.3, -0.25) is 4.79 Å². The Hall–Kier alpha value is -4.22. The second-order valence-electron chi connectivity index (χ2n) is 8.07. The Morgan fingerprint density at radius 3 is 2.45 bits per heavy atom. The third kappa shape index (κ3) is 4.14. The van der Waals surface area contributed by atoms with Gasteiger partial charge in [-0.05, 0) is 55.6 Å². The van der Waals surface area contributed by atoms with Gasteiger partial charge in [-0.15, -0.1) is 5.10 Å². The molecule has 1 aliphatic rings. The summed E-state index contributed by atoms with van der Waals surface area (Å²) in [6.45, 7) is 4.15. The zero-order valence-corrected chi connectivity index (χ0v) is 18.3. The van der Waals surface area contributed by atoms with Crippen molar-refractivity contribution in [1.29, 1.82) is 5.26 Å². The summed E-state index contributed by atoms with van der Waals surface area (Å²) in [5.74, 6) is 0.143. The van der Waals surface area contributed by atoms with Crippen LogP contribution in [0.1, 0.15) is 21.5 Å². The molecule has 0 saturated carbocycles. The number of anilines is 3. The molecule has 3 heterocycles. The monoisotopic (exact) mass is 437 g/mol. The average molecular weight is 438 g/mol. The minimum absolute atomic E-state index is 0.256. The van der Waals surface area contributed by atoms with Gasteiger partial charge in [0, 0.05) is 49.3 Å². The van der Waals surface area contributed by atoms with Crippen LogP contribution in [0.2, 0.25) is 0 Å². The molecule has 2 aromatic carbocycles. The standard InChI is InChI=1S/C25H23N7O/c1-30-13-15-31(16-14-30)20-10-8-19(9-11-20)27-25-28-24-22(7-4-12-32(24)29-25)23(33)21-6-3-2-5-18(21)17-26/h2-12H,13-16H2,1H3,(H,27,29). The molecule has 0 unspecified atom stereocenters. The number of nitrogens with zero attached hydrogens (tertiary/aromatic N) is 6. The minimum atomic E-state index is -0.256. The smallest absolute Gasteiger partial charge is 0.247 e. The first kappa shape index (κ1) is 20.7. The quantitative estimate of drug-likeness (QED) is 0.479. The highest BCUT2D eigenvalue weighted by atomic mass is 16.1. The molecule has 8 nitrogen and oxygen atoms in total. The van der Waals surface area contributed by atoms with Crippen LogP contribution < -0.4 is 10.2 Å². The van der Waals surface area contributed by atoms with E-state index in [1.807, 2.05) is 12.1 Å². The highest BCUT2D eigenvalue weighted by Crippen LogP contribution is 2.23. The van der Waals surface area contributed by atoms with Crippen molar-refractivity contribution in [2.75, 3.05) is 43.4 Å². The largest absolute Gasteiger partial charge is 0.369 e. The van der Waals surface area contributed by atoms with Crippen molar-refractivity contribution in [1.82, 2.24) is 19.5 Å². The van der Waals surface area contributed by atoms with Gasteiger partial charge < -0.3 is 15.1 Å². The Labute approximate surface area is 191 Å². The van der Waals surface area contributed by atoms with Crippen LogP contribution in [0.25, 0.3) is 5.65 Å². The van der Waals surface area contributed by atoms with Crippen LogP contribution in [0, 0.1) is 11.3 Å². The number of fused-ring (bicyclic) bond motifs is 1. The number of pyridine rings is 1. The van der Waals surface area contributed by atoms with Gasteiger partial charge in [0.05, 0.1) is 17.2 Å². The van der Waals surface area contributed by atoms with Crippen molar-refractivity contribution in [2.24, 2.45) is 0 Å². The molecule has 0 amide bonds. The van der Waals surface area contributed by atoms with Gasteiger partial charge in [-0.1, -0.05) is 12.1 Å². The lowest BCUT2D eigenvalue weighted by Crippen LogP contribution is -2.44. The topological polar surface area (TPSA) is 89.6 Å². The van der Waals surface area contributed by atoms with E-state index in [0.717, 1.165) is 31.9 Å². The maximum atomic E-state index is 13.2. The number of ketones is 1. The van der Waals surface area contributed by atoms with Crippen molar-refractivity contribution in [2.45, 2.75) is 0 Å². The zero-order valence-electron chi connectivity index (χ0n) is 18.3. The van der Waals surface area contributed by atoms with Crippen LogP contribution in [-0.4, -0.2) is 58.5 Å². The van der Waals surface area contributed by atoms with Crippen LogP contribution in [0.5, 0.6) is 0 Å². The molecular formula is C25H23N7O. The molecule has 5 rings (SSSR count). The minimum Gasteiger partial charge on any atom is -0.369 e. The van der Waals surface area contributed by atoms with Crippen molar-refractivity contribution in [3.8, 4) is 6.07 Å². The van der Waals surface area contributed by atoms with E-state index in [2.05, 4.69) is 50.4 Å². The highest BCUT2D eigenvalue weighted by molar-refractivity contribution is 6.13. The number of piperazine rings is 1. The van der Waals surface area contributed by atoms with E-state index in [4.69, 9.17) is 0 Å². The van der Waals surface area contributed by atoms with Gasteiger partial charge >= 0.3 is 0 Å². The van der Waals surface area contributed by atoms with Gasteiger partial charge in [-0.2, -0.15) is 10.2 Å². The van der Waals surface area contributed by atoms with E-state index in [-0.39, 0.29) is 5.78 Å². The van der Waals surface area contributed by atoms with E-state index >= 15 is 0 Å². The van der Waals surface area contributed by atoms with Crippen molar-refractivity contribution >= 4 is 28.8 Å². The molecule has 1 fully saturated rings. The Balaban J connectivity index is 1.38. The van der Waals surface area contributed by atoms with Gasteiger partial charge in [0.1, 0.15) is 0 Å². The lowest BCUT2D eigenvalue weighted by molar-refractivity contribution is 0.103. The Morgan fingerprint density at radius 1 is 0.970 bits per heavy atom. The average Bonchev–Trinajstić information content (AvgIpc) is 3.27. The molecule has 8 heteroatoms. The number of nitriles is 1. The number of nitrogens with one attached hydrogen (secondary N) is 1. The number of carbonyl (C=O) groups is 1. The molecule has 0 spiro atoms. The zero-order chi connectivity index (χ0) is 22.8. The Kier molecular flexibility index (Phi) is 5.47. The summed E-state index contributed by atoms with van der Waals surface area (Å²) < 4.78 is 1.57. The predicted molar refractivity (Wildman–Crippen MR) is 127 cm³/mol. The van der Waals surface area contributed by atoms with Gasteiger partial charge in [0.15, 0.2) is 11.4 Å². The summed E-state index contributed by atoms with van der Waals surface area (Å²) in [5, 5.41) is 17.1. The molecular weight excluding hydrogens is 414 g/mol. The highest BCUT2D eigenvalue weighted by Gasteiger charge is 2.19. The summed E-state index contributed by atoms with van der Waals surface area (Å²) in [5.41, 5.74) is 3.58. The van der Waals surface area contributed by atoms with E-state index in [9.17, 15) is 10.1 Å². The maximum absolute atomic E-state index is 13.2. The third-order valence-electron chi connectivity index (χ3n) is 5.89. The molecule has 1 saturated heterocycles. The third-order valence-corrected chi connectivity index (χ3v) is 5.89. The summed E-state index contributed by atoms with van der Waals surface area (Å²) in [7, 11) is 2.15. The van der Waals surface area contributed by atoms with Crippen LogP contribution in [0.15, 0.2) is 66.9 Å². The summed E-state index contributed by atoms with van der Waals surface area (Å²) >= 11 is 0. The molecule has 2 aromatic heterocycles. The van der Waals surface area contributed by atoms with Crippen LogP contribution >= 0.6 is 0 Å².